The second-order valence-electron chi connectivity index (χ2n) is 5.06. The van der Waals surface area contributed by atoms with E-state index in [9.17, 15) is 9.59 Å². The lowest BCUT2D eigenvalue weighted by atomic mass is 10.0. The summed E-state index contributed by atoms with van der Waals surface area (Å²) in [5.41, 5.74) is 2.03. The van der Waals surface area contributed by atoms with Gasteiger partial charge in [0.2, 0.25) is 5.91 Å². The van der Waals surface area contributed by atoms with Gasteiger partial charge in [-0.2, -0.15) is 0 Å². The number of rotatable bonds is 2. The Kier molecular flexibility index (Phi) is 3.36. The molecule has 1 aromatic carbocycles. The zero-order valence-electron chi connectivity index (χ0n) is 10.9. The molecule has 0 bridgehead atoms. The predicted molar refractivity (Wildman–Crippen MR) is 70.6 cm³/mol. The number of nitrogens with one attached hydrogen (secondary N) is 1. The molecule has 1 aliphatic heterocycles. The highest BCUT2D eigenvalue weighted by Crippen LogP contribution is 2.23. The van der Waals surface area contributed by atoms with Crippen LogP contribution >= 0.6 is 0 Å². The number of urea groups is 1. The van der Waals surface area contributed by atoms with Gasteiger partial charge in [-0.25, -0.2) is 4.79 Å². The molecule has 18 heavy (non-hydrogen) atoms. The lowest BCUT2D eigenvalue weighted by molar-refractivity contribution is -0.123. The maximum atomic E-state index is 11.8. The molecule has 0 aliphatic carbocycles. The Morgan fingerprint density at radius 2 is 2.06 bits per heavy atom. The van der Waals surface area contributed by atoms with Crippen molar-refractivity contribution >= 4 is 17.6 Å². The molecule has 1 aliphatic rings. The Morgan fingerprint density at radius 1 is 1.33 bits per heavy atom. The first kappa shape index (κ1) is 12.6. The molecule has 4 heteroatoms. The Balaban J connectivity index is 2.28. The van der Waals surface area contributed by atoms with Crippen LogP contribution in [0.1, 0.15) is 32.3 Å². The minimum absolute atomic E-state index is 0.176. The van der Waals surface area contributed by atoms with E-state index < -0.39 is 0 Å². The number of nitrogens with zero attached hydrogens (tertiary/aromatic N) is 1. The molecule has 3 amide bonds. The minimum atomic E-state index is -0.334. The van der Waals surface area contributed by atoms with Gasteiger partial charge in [-0.05, 0) is 23.6 Å². The van der Waals surface area contributed by atoms with Crippen LogP contribution in [0.5, 0.6) is 0 Å². The first-order valence-corrected chi connectivity index (χ1v) is 6.21. The smallest absolute Gasteiger partial charge is 0.293 e. The van der Waals surface area contributed by atoms with E-state index >= 15 is 0 Å². The zero-order chi connectivity index (χ0) is 13.3. The summed E-state index contributed by atoms with van der Waals surface area (Å²) in [7, 11) is 0. The summed E-state index contributed by atoms with van der Waals surface area (Å²) in [5.74, 6) is 0.0403. The van der Waals surface area contributed by atoms with Gasteiger partial charge >= 0.3 is 6.03 Å². The van der Waals surface area contributed by atoms with Gasteiger partial charge in [-0.15, -0.1) is 0 Å². The molecule has 0 saturated carbocycles. The second-order valence-corrected chi connectivity index (χ2v) is 5.06. The topological polar surface area (TPSA) is 49.4 Å². The maximum absolute atomic E-state index is 11.8. The van der Waals surface area contributed by atoms with Gasteiger partial charge in [-0.1, -0.05) is 32.9 Å². The summed E-state index contributed by atoms with van der Waals surface area (Å²) >= 11 is 0. The number of carbonyl (C=O) groups is 2. The molecule has 0 spiro atoms. The van der Waals surface area contributed by atoms with Crippen molar-refractivity contribution in [1.82, 2.24) is 5.32 Å². The number of carbonyl (C=O) groups excluding carboxylic acids is 2. The van der Waals surface area contributed by atoms with Gasteiger partial charge in [0.1, 0.15) is 0 Å². The van der Waals surface area contributed by atoms with Gasteiger partial charge in [0, 0.05) is 12.2 Å². The van der Waals surface area contributed by atoms with E-state index in [-0.39, 0.29) is 17.9 Å². The second kappa shape index (κ2) is 4.80. The summed E-state index contributed by atoms with van der Waals surface area (Å²) in [4.78, 5) is 24.8. The average Bonchev–Trinajstić information content (AvgIpc) is 2.34. The molecular formula is C14H18N2O2. The number of amides is 3. The fraction of sp³-hybridized carbons (Fsp3) is 0.429. The van der Waals surface area contributed by atoms with Crippen LogP contribution in [-0.2, 0) is 4.79 Å². The normalized spacial score (nSPS) is 20.2. The third-order valence-corrected chi connectivity index (χ3v) is 3.23. The zero-order valence-corrected chi connectivity index (χ0v) is 10.9. The molecule has 1 unspecified atom stereocenters. The van der Waals surface area contributed by atoms with Crippen molar-refractivity contribution in [3.05, 3.63) is 29.8 Å². The summed E-state index contributed by atoms with van der Waals surface area (Å²) in [6.07, 6.45) is 0. The molecule has 1 saturated heterocycles. The van der Waals surface area contributed by atoms with Crippen LogP contribution in [0, 0.1) is 5.92 Å². The molecule has 0 aromatic heterocycles. The van der Waals surface area contributed by atoms with Crippen LogP contribution in [0.15, 0.2) is 24.3 Å². The van der Waals surface area contributed by atoms with Crippen LogP contribution < -0.4 is 10.2 Å². The Hall–Kier alpha value is -1.84. The molecule has 1 heterocycles. The van der Waals surface area contributed by atoms with Crippen molar-refractivity contribution in [2.24, 2.45) is 5.92 Å². The van der Waals surface area contributed by atoms with Gasteiger partial charge in [0.25, 0.3) is 0 Å². The summed E-state index contributed by atoms with van der Waals surface area (Å²) < 4.78 is 0. The average molecular weight is 246 g/mol. The van der Waals surface area contributed by atoms with Gasteiger partial charge < -0.3 is 0 Å². The molecule has 1 fully saturated rings. The molecule has 1 aromatic rings. The van der Waals surface area contributed by atoms with Gasteiger partial charge in [0.05, 0.1) is 5.92 Å². The Labute approximate surface area is 107 Å². The van der Waals surface area contributed by atoms with Crippen LogP contribution in [0.25, 0.3) is 0 Å². The van der Waals surface area contributed by atoms with Crippen molar-refractivity contribution in [3.8, 4) is 0 Å². The van der Waals surface area contributed by atoms with Gasteiger partial charge in [-0.3, -0.25) is 15.0 Å². The van der Waals surface area contributed by atoms with E-state index in [1.807, 2.05) is 31.2 Å². The molecule has 96 valence electrons. The first-order valence-electron chi connectivity index (χ1n) is 6.21. The molecule has 1 atom stereocenters. The fourth-order valence-electron chi connectivity index (χ4n) is 2.01. The lowest BCUT2D eigenvalue weighted by Crippen LogP contribution is -2.53. The molecule has 2 rings (SSSR count). The van der Waals surface area contributed by atoms with Crippen LogP contribution in [0.3, 0.4) is 0 Å². The van der Waals surface area contributed by atoms with E-state index in [4.69, 9.17) is 0 Å². The van der Waals surface area contributed by atoms with Crippen LogP contribution in [-0.4, -0.2) is 18.5 Å². The number of benzene rings is 1. The van der Waals surface area contributed by atoms with E-state index in [1.165, 1.54) is 5.56 Å². The van der Waals surface area contributed by atoms with Crippen molar-refractivity contribution in [2.45, 2.75) is 26.7 Å². The predicted octanol–water partition coefficient (Wildman–Crippen LogP) is 2.50. The standard InChI is InChI=1S/C14H18N2O2/c1-9(2)11-5-4-6-12(7-11)16-8-10(3)13(17)15-14(16)18/h4-7,9-10H,8H2,1-3H3,(H,15,17,18). The number of imide groups is 1. The molecule has 1 N–H and O–H groups in total. The van der Waals surface area contributed by atoms with Crippen molar-refractivity contribution in [2.75, 3.05) is 11.4 Å². The molecule has 4 nitrogen and oxygen atoms in total. The Morgan fingerprint density at radius 3 is 2.72 bits per heavy atom. The van der Waals surface area contributed by atoms with Crippen molar-refractivity contribution < 1.29 is 9.59 Å². The number of anilines is 1. The summed E-state index contributed by atoms with van der Waals surface area (Å²) in [6, 6.07) is 7.56. The number of hydrogen-bond donors (Lipinski definition) is 1. The SMILES string of the molecule is CC1CN(c2cccc(C(C)C)c2)C(=O)NC1=O. The quantitative estimate of drug-likeness (QED) is 0.871. The first-order chi connectivity index (χ1) is 8.49. The largest absolute Gasteiger partial charge is 0.328 e. The van der Waals surface area contributed by atoms with Crippen LogP contribution in [0.4, 0.5) is 10.5 Å². The molecular weight excluding hydrogens is 228 g/mol. The van der Waals surface area contributed by atoms with Crippen LogP contribution in [0.2, 0.25) is 0 Å². The minimum Gasteiger partial charge on any atom is -0.293 e. The van der Waals surface area contributed by atoms with E-state index in [1.54, 1.807) is 4.90 Å². The van der Waals surface area contributed by atoms with E-state index in [0.717, 1.165) is 5.69 Å². The van der Waals surface area contributed by atoms with E-state index in [2.05, 4.69) is 19.2 Å². The van der Waals surface area contributed by atoms with Crippen molar-refractivity contribution in [3.63, 3.8) is 0 Å². The third-order valence-electron chi connectivity index (χ3n) is 3.23. The maximum Gasteiger partial charge on any atom is 0.328 e. The monoisotopic (exact) mass is 246 g/mol. The van der Waals surface area contributed by atoms with Crippen molar-refractivity contribution in [1.29, 1.82) is 0 Å². The highest BCUT2D eigenvalue weighted by Gasteiger charge is 2.30. The summed E-state index contributed by atoms with van der Waals surface area (Å²) in [6.45, 7) is 6.48. The highest BCUT2D eigenvalue weighted by atomic mass is 16.2. The highest BCUT2D eigenvalue weighted by molar-refractivity contribution is 6.06. The molecule has 0 radical (unpaired) electrons. The fourth-order valence-corrected chi connectivity index (χ4v) is 2.01. The third kappa shape index (κ3) is 2.37. The number of hydrogen-bond acceptors (Lipinski definition) is 2. The summed E-state index contributed by atoms with van der Waals surface area (Å²) in [5, 5.41) is 2.37. The Bertz CT molecular complexity index is 482. The van der Waals surface area contributed by atoms with Gasteiger partial charge in [0.15, 0.2) is 0 Å². The lowest BCUT2D eigenvalue weighted by Gasteiger charge is -2.30. The van der Waals surface area contributed by atoms with E-state index in [0.29, 0.717) is 12.5 Å².